The van der Waals surface area contributed by atoms with E-state index in [0.717, 1.165) is 9.88 Å². The first-order chi connectivity index (χ1) is 12.3. The molecule has 0 bridgehead atoms. The number of nitrogen functional groups attached to an aromatic ring is 1. The average Bonchev–Trinajstić information content (AvgIpc) is 2.62. The van der Waals surface area contributed by atoms with E-state index in [9.17, 15) is 8.42 Å². The minimum atomic E-state index is -3.52. The van der Waals surface area contributed by atoms with Crippen LogP contribution in [0.2, 0.25) is 0 Å². The summed E-state index contributed by atoms with van der Waals surface area (Å²) in [5.74, 6) is 1.27. The second-order valence-corrected chi connectivity index (χ2v) is 8.15. The van der Waals surface area contributed by atoms with Crippen molar-refractivity contribution in [2.75, 3.05) is 27.1 Å². The normalized spacial score (nSPS) is 11.5. The van der Waals surface area contributed by atoms with Crippen molar-refractivity contribution in [3.05, 3.63) is 51.3 Å². The minimum absolute atomic E-state index is 0.165. The Labute approximate surface area is 161 Å². The molecular formula is C18H20BrNO5S. The molecule has 0 aliphatic carbocycles. The Morgan fingerprint density at radius 1 is 1.04 bits per heavy atom. The number of rotatable bonds is 7. The van der Waals surface area contributed by atoms with Gasteiger partial charge in [0.05, 0.1) is 32.6 Å². The maximum Gasteiger partial charge on any atom is 0.175 e. The fourth-order valence-corrected chi connectivity index (χ4v) is 3.66. The van der Waals surface area contributed by atoms with Crippen molar-refractivity contribution in [2.45, 2.75) is 5.75 Å². The Bertz CT molecular complexity index is 900. The van der Waals surface area contributed by atoms with Gasteiger partial charge in [-0.25, -0.2) is 8.42 Å². The molecule has 0 aliphatic rings. The molecule has 0 saturated heterocycles. The second-order valence-electron chi connectivity index (χ2n) is 5.41. The molecule has 2 rings (SSSR count). The lowest BCUT2D eigenvalue weighted by Crippen LogP contribution is -2.01. The van der Waals surface area contributed by atoms with Gasteiger partial charge >= 0.3 is 0 Å². The molecule has 0 amide bonds. The summed E-state index contributed by atoms with van der Waals surface area (Å²) in [4.78, 5) is 0. The smallest absolute Gasteiger partial charge is 0.175 e. The van der Waals surface area contributed by atoms with Crippen molar-refractivity contribution in [1.82, 2.24) is 0 Å². The lowest BCUT2D eigenvalue weighted by Gasteiger charge is -2.12. The van der Waals surface area contributed by atoms with Gasteiger partial charge in [0, 0.05) is 27.7 Å². The number of anilines is 1. The van der Waals surface area contributed by atoms with Crippen LogP contribution >= 0.6 is 15.9 Å². The number of sulfone groups is 1. The molecule has 0 aliphatic heterocycles. The Hall–Kier alpha value is -2.19. The number of hydrogen-bond donors (Lipinski definition) is 1. The van der Waals surface area contributed by atoms with Gasteiger partial charge in [-0.1, -0.05) is 6.07 Å². The quantitative estimate of drug-likeness (QED) is 0.659. The van der Waals surface area contributed by atoms with E-state index in [0.29, 0.717) is 34.1 Å². The van der Waals surface area contributed by atoms with Crippen LogP contribution in [0, 0.1) is 0 Å². The van der Waals surface area contributed by atoms with Gasteiger partial charge in [-0.2, -0.15) is 0 Å². The maximum absolute atomic E-state index is 12.4. The zero-order valence-electron chi connectivity index (χ0n) is 14.7. The van der Waals surface area contributed by atoms with Crippen molar-refractivity contribution < 1.29 is 22.6 Å². The maximum atomic E-state index is 12.4. The highest BCUT2D eigenvalue weighted by atomic mass is 79.9. The molecule has 0 saturated carbocycles. The Balaban J connectivity index is 2.33. The molecule has 6 nitrogen and oxygen atoms in total. The molecule has 0 aromatic heterocycles. The largest absolute Gasteiger partial charge is 0.496 e. The number of nitrogens with two attached hydrogens (primary N) is 1. The van der Waals surface area contributed by atoms with E-state index in [1.165, 1.54) is 27.4 Å². The van der Waals surface area contributed by atoms with Crippen LogP contribution in [-0.4, -0.2) is 29.7 Å². The first-order valence-electron chi connectivity index (χ1n) is 7.54. The highest BCUT2D eigenvalue weighted by Crippen LogP contribution is 2.35. The van der Waals surface area contributed by atoms with Gasteiger partial charge in [-0.05, 0) is 39.7 Å². The van der Waals surface area contributed by atoms with Crippen LogP contribution in [0.1, 0.15) is 11.1 Å². The Kier molecular flexibility index (Phi) is 6.55. The van der Waals surface area contributed by atoms with E-state index in [1.807, 2.05) is 0 Å². The highest BCUT2D eigenvalue weighted by molar-refractivity contribution is 9.10. The van der Waals surface area contributed by atoms with E-state index in [4.69, 9.17) is 19.9 Å². The molecule has 2 aromatic rings. The van der Waals surface area contributed by atoms with Crippen molar-refractivity contribution in [2.24, 2.45) is 0 Å². The van der Waals surface area contributed by atoms with E-state index < -0.39 is 9.84 Å². The Morgan fingerprint density at radius 3 is 2.15 bits per heavy atom. The van der Waals surface area contributed by atoms with Crippen LogP contribution in [0.15, 0.2) is 40.2 Å². The fourth-order valence-electron chi connectivity index (χ4n) is 2.33. The molecule has 0 spiro atoms. The number of halogens is 1. The summed E-state index contributed by atoms with van der Waals surface area (Å²) in [6, 6.07) is 8.37. The van der Waals surface area contributed by atoms with Crippen molar-refractivity contribution in [3.8, 4) is 17.2 Å². The third-order valence-corrected chi connectivity index (χ3v) is 5.63. The molecule has 0 fully saturated rings. The van der Waals surface area contributed by atoms with E-state index in [1.54, 1.807) is 30.3 Å². The summed E-state index contributed by atoms with van der Waals surface area (Å²) >= 11 is 3.29. The summed E-state index contributed by atoms with van der Waals surface area (Å²) in [5, 5.41) is 1.14. The monoisotopic (exact) mass is 441 g/mol. The molecule has 0 heterocycles. The molecule has 2 N–H and O–H groups in total. The SMILES string of the molecule is COc1cc(OC)c(/C=C/S(=O)(=O)Cc2ccc(Br)c(N)c2)c(OC)c1. The highest BCUT2D eigenvalue weighted by Gasteiger charge is 2.14. The first-order valence-corrected chi connectivity index (χ1v) is 10.0. The van der Waals surface area contributed by atoms with Crippen molar-refractivity contribution >= 4 is 37.5 Å². The van der Waals surface area contributed by atoms with Crippen LogP contribution in [0.3, 0.4) is 0 Å². The van der Waals surface area contributed by atoms with Crippen molar-refractivity contribution in [1.29, 1.82) is 0 Å². The standard InChI is InChI=1S/C18H20BrNO5S/c1-23-13-9-17(24-2)14(18(10-13)25-3)6-7-26(21,22)11-12-4-5-15(19)16(20)8-12/h4-10H,11,20H2,1-3H3/b7-6+. The predicted molar refractivity (Wildman–Crippen MR) is 106 cm³/mol. The van der Waals surface area contributed by atoms with Gasteiger partial charge in [0.15, 0.2) is 9.84 Å². The van der Waals surface area contributed by atoms with Gasteiger partial charge in [-0.3, -0.25) is 0 Å². The average molecular weight is 442 g/mol. The van der Waals surface area contributed by atoms with Gasteiger partial charge in [0.2, 0.25) is 0 Å². The lowest BCUT2D eigenvalue weighted by molar-refractivity contribution is 0.374. The number of methoxy groups -OCH3 is 3. The van der Waals surface area contributed by atoms with Crippen LogP contribution in [0.4, 0.5) is 5.69 Å². The molecule has 26 heavy (non-hydrogen) atoms. The van der Waals surface area contributed by atoms with Gasteiger partial charge in [-0.15, -0.1) is 0 Å². The number of hydrogen-bond acceptors (Lipinski definition) is 6. The summed E-state index contributed by atoms with van der Waals surface area (Å²) in [6.45, 7) is 0. The van der Waals surface area contributed by atoms with Crippen molar-refractivity contribution in [3.63, 3.8) is 0 Å². The zero-order chi connectivity index (χ0) is 19.3. The Morgan fingerprint density at radius 2 is 1.65 bits per heavy atom. The van der Waals surface area contributed by atoms with Gasteiger partial charge < -0.3 is 19.9 Å². The molecule has 140 valence electrons. The fraction of sp³-hybridized carbons (Fsp3) is 0.222. The van der Waals surface area contributed by atoms with Crippen LogP contribution < -0.4 is 19.9 Å². The minimum Gasteiger partial charge on any atom is -0.496 e. The van der Waals surface area contributed by atoms with E-state index >= 15 is 0 Å². The second kappa shape index (κ2) is 8.46. The number of ether oxygens (including phenoxy) is 3. The summed E-state index contributed by atoms with van der Waals surface area (Å²) in [5.41, 5.74) is 7.40. The summed E-state index contributed by atoms with van der Waals surface area (Å²) in [6.07, 6.45) is 1.45. The molecular weight excluding hydrogens is 422 g/mol. The zero-order valence-corrected chi connectivity index (χ0v) is 17.1. The first kappa shape index (κ1) is 20.1. The number of benzene rings is 2. The van der Waals surface area contributed by atoms with E-state index in [2.05, 4.69) is 15.9 Å². The third kappa shape index (κ3) is 4.92. The van der Waals surface area contributed by atoms with Gasteiger partial charge in [0.25, 0.3) is 0 Å². The molecule has 8 heteroatoms. The predicted octanol–water partition coefficient (Wildman–Crippen LogP) is 3.64. The van der Waals surface area contributed by atoms with Crippen LogP contribution in [0.5, 0.6) is 17.2 Å². The third-order valence-electron chi connectivity index (χ3n) is 3.62. The molecule has 0 radical (unpaired) electrons. The van der Waals surface area contributed by atoms with Gasteiger partial charge in [0.1, 0.15) is 17.2 Å². The summed E-state index contributed by atoms with van der Waals surface area (Å²) in [7, 11) is 0.986. The van der Waals surface area contributed by atoms with Crippen LogP contribution in [-0.2, 0) is 15.6 Å². The van der Waals surface area contributed by atoms with Crippen LogP contribution in [0.25, 0.3) is 6.08 Å². The molecule has 2 aromatic carbocycles. The molecule has 0 unspecified atom stereocenters. The lowest BCUT2D eigenvalue weighted by atomic mass is 10.1. The van der Waals surface area contributed by atoms with E-state index in [-0.39, 0.29) is 5.75 Å². The summed E-state index contributed by atoms with van der Waals surface area (Å²) < 4.78 is 41.4. The topological polar surface area (TPSA) is 87.9 Å². The molecule has 0 atom stereocenters.